The van der Waals surface area contributed by atoms with Gasteiger partial charge in [-0.05, 0) is 6.42 Å². The van der Waals surface area contributed by atoms with E-state index in [-0.39, 0.29) is 23.1 Å². The highest BCUT2D eigenvalue weighted by molar-refractivity contribution is 8.00. The van der Waals surface area contributed by atoms with Crippen molar-refractivity contribution in [3.8, 4) is 0 Å². The van der Waals surface area contributed by atoms with Gasteiger partial charge in [0.15, 0.2) is 0 Å². The number of aliphatic hydroxyl groups excluding tert-OH is 1. The lowest BCUT2D eigenvalue weighted by Gasteiger charge is -2.23. The molecule has 0 aliphatic heterocycles. The molecule has 0 spiro atoms. The molecule has 0 amide bonds. The van der Waals surface area contributed by atoms with Crippen LogP contribution < -0.4 is 5.73 Å². The Morgan fingerprint density at radius 2 is 2.31 bits per heavy atom. The van der Waals surface area contributed by atoms with Crippen molar-refractivity contribution in [1.82, 2.24) is 9.78 Å². The lowest BCUT2D eigenvalue weighted by atomic mass is 10.1. The molecule has 0 aliphatic carbocycles. The van der Waals surface area contributed by atoms with E-state index in [4.69, 9.17) is 10.8 Å². The molecular weight excluding hydrogens is 222 g/mol. The van der Waals surface area contributed by atoms with E-state index in [1.807, 2.05) is 26.4 Å². The van der Waals surface area contributed by atoms with Gasteiger partial charge >= 0.3 is 0 Å². The predicted octanol–water partition coefficient (Wildman–Crippen LogP) is 1.31. The molecule has 16 heavy (non-hydrogen) atoms. The quantitative estimate of drug-likeness (QED) is 0.791. The molecule has 0 saturated heterocycles. The van der Waals surface area contributed by atoms with Crippen LogP contribution in [0, 0.1) is 0 Å². The van der Waals surface area contributed by atoms with Crippen molar-refractivity contribution in [2.24, 2.45) is 12.8 Å². The average Bonchev–Trinajstić information content (AvgIpc) is 2.71. The van der Waals surface area contributed by atoms with Crippen molar-refractivity contribution in [2.75, 3.05) is 6.61 Å². The minimum Gasteiger partial charge on any atom is -0.395 e. The van der Waals surface area contributed by atoms with Crippen LogP contribution in [0.5, 0.6) is 0 Å². The number of thioether (sulfide) groups is 1. The highest BCUT2D eigenvalue weighted by Crippen LogP contribution is 2.35. The summed E-state index contributed by atoms with van der Waals surface area (Å²) in [4.78, 5) is 0. The molecule has 1 rings (SSSR count). The zero-order valence-corrected chi connectivity index (χ0v) is 10.9. The lowest BCUT2D eigenvalue weighted by molar-refractivity contribution is 0.299. The van der Waals surface area contributed by atoms with E-state index in [9.17, 15) is 0 Å². The number of nitrogens with zero attached hydrogens (tertiary/aromatic N) is 2. The fourth-order valence-electron chi connectivity index (χ4n) is 1.52. The van der Waals surface area contributed by atoms with Crippen LogP contribution in [0.4, 0.5) is 0 Å². The van der Waals surface area contributed by atoms with Gasteiger partial charge in [0, 0.05) is 35.3 Å². The number of nitrogens with two attached hydrogens (primary N) is 1. The summed E-state index contributed by atoms with van der Waals surface area (Å²) < 4.78 is 1.79. The number of aromatic nitrogens is 2. The fourth-order valence-corrected chi connectivity index (χ4v) is 2.78. The van der Waals surface area contributed by atoms with Gasteiger partial charge in [-0.15, -0.1) is 11.8 Å². The molecule has 0 aromatic carbocycles. The third kappa shape index (κ3) is 3.50. The normalized spacial score (nSPS) is 17.1. The predicted molar refractivity (Wildman–Crippen MR) is 68.4 cm³/mol. The van der Waals surface area contributed by atoms with Crippen LogP contribution in [0.3, 0.4) is 0 Å². The second-order valence-corrected chi connectivity index (χ2v) is 5.65. The van der Waals surface area contributed by atoms with Gasteiger partial charge in [-0.2, -0.15) is 5.10 Å². The van der Waals surface area contributed by atoms with E-state index in [1.54, 1.807) is 16.4 Å². The van der Waals surface area contributed by atoms with Crippen molar-refractivity contribution in [2.45, 2.75) is 36.8 Å². The molecule has 0 radical (unpaired) electrons. The number of aliphatic hydroxyl groups is 1. The third-order valence-electron chi connectivity index (χ3n) is 2.55. The van der Waals surface area contributed by atoms with Crippen LogP contribution in [0.25, 0.3) is 0 Å². The maximum Gasteiger partial charge on any atom is 0.0547 e. The summed E-state index contributed by atoms with van der Waals surface area (Å²) in [7, 11) is 1.90. The molecular formula is C11H21N3OS. The Morgan fingerprint density at radius 1 is 1.62 bits per heavy atom. The highest BCUT2D eigenvalue weighted by Gasteiger charge is 2.22. The second kappa shape index (κ2) is 6.27. The van der Waals surface area contributed by atoms with E-state index >= 15 is 0 Å². The largest absolute Gasteiger partial charge is 0.395 e. The fraction of sp³-hybridized carbons (Fsp3) is 0.727. The number of hydrogen-bond acceptors (Lipinski definition) is 4. The van der Waals surface area contributed by atoms with E-state index < -0.39 is 0 Å². The minimum absolute atomic E-state index is 0.100. The van der Waals surface area contributed by atoms with Gasteiger partial charge in [-0.3, -0.25) is 4.68 Å². The zero-order valence-electron chi connectivity index (χ0n) is 10.1. The summed E-state index contributed by atoms with van der Waals surface area (Å²) in [5.74, 6) is 0. The molecule has 1 heterocycles. The van der Waals surface area contributed by atoms with E-state index in [1.165, 1.54) is 0 Å². The molecule has 5 heteroatoms. The van der Waals surface area contributed by atoms with Gasteiger partial charge in [-0.1, -0.05) is 13.8 Å². The molecule has 0 fully saturated rings. The van der Waals surface area contributed by atoms with Crippen molar-refractivity contribution < 1.29 is 5.11 Å². The first-order valence-corrected chi connectivity index (χ1v) is 6.53. The summed E-state index contributed by atoms with van der Waals surface area (Å²) in [5, 5.41) is 13.7. The molecule has 0 aliphatic rings. The topological polar surface area (TPSA) is 64.1 Å². The average molecular weight is 243 g/mol. The van der Waals surface area contributed by atoms with Gasteiger partial charge in [0.1, 0.15) is 0 Å². The Bertz CT molecular complexity index is 316. The van der Waals surface area contributed by atoms with Crippen LogP contribution in [0.1, 0.15) is 31.1 Å². The monoisotopic (exact) mass is 243 g/mol. The van der Waals surface area contributed by atoms with E-state index in [0.29, 0.717) is 0 Å². The number of rotatable bonds is 6. The number of hydrogen-bond donors (Lipinski definition) is 2. The summed E-state index contributed by atoms with van der Waals surface area (Å²) >= 11 is 1.72. The summed E-state index contributed by atoms with van der Waals surface area (Å²) in [5.41, 5.74) is 7.26. The Labute approximate surface area is 101 Å². The van der Waals surface area contributed by atoms with Crippen LogP contribution in [-0.2, 0) is 7.05 Å². The summed E-state index contributed by atoms with van der Waals surface area (Å²) in [6, 6.07) is 0.100. The summed E-state index contributed by atoms with van der Waals surface area (Å²) in [6.45, 7) is 4.27. The van der Waals surface area contributed by atoms with Gasteiger partial charge in [-0.25, -0.2) is 0 Å². The summed E-state index contributed by atoms with van der Waals surface area (Å²) in [6.07, 6.45) is 4.78. The molecule has 1 aromatic heterocycles. The first kappa shape index (κ1) is 13.5. The van der Waals surface area contributed by atoms with Gasteiger partial charge < -0.3 is 10.8 Å². The Balaban J connectivity index is 2.78. The molecule has 1 aromatic rings. The standard InChI is InChI=1S/C11H21N3OS/c1-4-10(12)11(16-8(2)7-15)9-5-13-14(3)6-9/h5-6,8,10-11,15H,4,7,12H2,1-3H3. The van der Waals surface area contributed by atoms with Gasteiger partial charge in [0.25, 0.3) is 0 Å². The van der Waals surface area contributed by atoms with Crippen LogP contribution >= 0.6 is 11.8 Å². The zero-order chi connectivity index (χ0) is 12.1. The Kier molecular flexibility index (Phi) is 5.31. The Hall–Kier alpha value is -0.520. The van der Waals surface area contributed by atoms with Crippen molar-refractivity contribution >= 4 is 11.8 Å². The van der Waals surface area contributed by atoms with Crippen molar-refractivity contribution in [3.63, 3.8) is 0 Å². The van der Waals surface area contributed by atoms with Crippen molar-refractivity contribution in [3.05, 3.63) is 18.0 Å². The lowest BCUT2D eigenvalue weighted by Crippen LogP contribution is -2.27. The molecule has 3 unspecified atom stereocenters. The van der Waals surface area contributed by atoms with Crippen molar-refractivity contribution in [1.29, 1.82) is 0 Å². The van der Waals surface area contributed by atoms with Crippen LogP contribution in [0.15, 0.2) is 12.4 Å². The molecule has 92 valence electrons. The smallest absolute Gasteiger partial charge is 0.0547 e. The number of aryl methyl sites for hydroxylation is 1. The third-order valence-corrected chi connectivity index (χ3v) is 4.08. The van der Waals surface area contributed by atoms with Crippen LogP contribution in [-0.4, -0.2) is 32.8 Å². The SMILES string of the molecule is CCC(N)C(SC(C)CO)c1cnn(C)c1. The molecule has 4 nitrogen and oxygen atoms in total. The highest BCUT2D eigenvalue weighted by atomic mass is 32.2. The van der Waals surface area contributed by atoms with Crippen LogP contribution in [0.2, 0.25) is 0 Å². The van der Waals surface area contributed by atoms with Gasteiger partial charge in [0.2, 0.25) is 0 Å². The maximum atomic E-state index is 9.11. The first-order chi connectivity index (χ1) is 7.58. The van der Waals surface area contributed by atoms with E-state index in [2.05, 4.69) is 12.0 Å². The minimum atomic E-state index is 0.100. The molecule has 3 N–H and O–H groups in total. The molecule has 3 atom stereocenters. The van der Waals surface area contributed by atoms with E-state index in [0.717, 1.165) is 12.0 Å². The molecule has 0 saturated carbocycles. The Morgan fingerprint density at radius 3 is 2.75 bits per heavy atom. The molecule has 0 bridgehead atoms. The maximum absolute atomic E-state index is 9.11. The van der Waals surface area contributed by atoms with Gasteiger partial charge in [0.05, 0.1) is 12.8 Å². The second-order valence-electron chi connectivity index (χ2n) is 4.07. The first-order valence-electron chi connectivity index (χ1n) is 5.58.